The second-order valence-electron chi connectivity index (χ2n) is 6.74. The van der Waals surface area contributed by atoms with Crippen LogP contribution in [0.2, 0.25) is 0 Å². The molecule has 0 aliphatic carbocycles. The predicted octanol–water partition coefficient (Wildman–Crippen LogP) is 3.12. The van der Waals surface area contributed by atoms with Gasteiger partial charge in [0.25, 0.3) is 5.91 Å². The maximum absolute atomic E-state index is 12.6. The fourth-order valence-corrected chi connectivity index (χ4v) is 3.14. The van der Waals surface area contributed by atoms with Crippen molar-refractivity contribution in [1.29, 1.82) is 0 Å². The molecule has 0 radical (unpaired) electrons. The summed E-state index contributed by atoms with van der Waals surface area (Å²) >= 11 is 0. The number of ether oxygens (including phenoxy) is 1. The number of halogens is 2. The van der Waals surface area contributed by atoms with Gasteiger partial charge in [0, 0.05) is 31.7 Å². The third-order valence-corrected chi connectivity index (χ3v) is 4.70. The summed E-state index contributed by atoms with van der Waals surface area (Å²) in [6.07, 6.45) is 0.335. The normalized spacial score (nSPS) is 14.3. The Morgan fingerprint density at radius 1 is 1.00 bits per heavy atom. The molecule has 2 amide bonds. The molecule has 1 aliphatic heterocycles. The van der Waals surface area contributed by atoms with Crippen molar-refractivity contribution in [2.24, 2.45) is 0 Å². The van der Waals surface area contributed by atoms with E-state index >= 15 is 0 Å². The van der Waals surface area contributed by atoms with E-state index in [1.807, 2.05) is 31.2 Å². The third kappa shape index (κ3) is 5.06. The molecule has 0 N–H and O–H groups in total. The lowest BCUT2D eigenvalue weighted by atomic mass is 10.1. The first-order valence-electron chi connectivity index (χ1n) is 9.10. The highest BCUT2D eigenvalue weighted by Gasteiger charge is 2.25. The number of alkyl halides is 2. The zero-order valence-corrected chi connectivity index (χ0v) is 15.6. The molecule has 2 aromatic rings. The first-order valence-corrected chi connectivity index (χ1v) is 9.10. The molecule has 28 heavy (non-hydrogen) atoms. The summed E-state index contributed by atoms with van der Waals surface area (Å²) in [5.41, 5.74) is 2.40. The Kier molecular flexibility index (Phi) is 6.23. The van der Waals surface area contributed by atoms with Gasteiger partial charge in [-0.25, -0.2) is 0 Å². The van der Waals surface area contributed by atoms with Crippen LogP contribution in [0, 0.1) is 6.92 Å². The van der Waals surface area contributed by atoms with Gasteiger partial charge >= 0.3 is 6.61 Å². The molecule has 3 rings (SSSR count). The highest BCUT2D eigenvalue weighted by Crippen LogP contribution is 2.18. The van der Waals surface area contributed by atoms with Gasteiger partial charge in [0.2, 0.25) is 5.91 Å². The molecule has 0 aromatic heterocycles. The average molecular weight is 388 g/mol. The third-order valence-electron chi connectivity index (χ3n) is 4.70. The van der Waals surface area contributed by atoms with Crippen LogP contribution < -0.4 is 4.74 Å². The van der Waals surface area contributed by atoms with E-state index in [4.69, 9.17) is 0 Å². The monoisotopic (exact) mass is 388 g/mol. The van der Waals surface area contributed by atoms with Crippen molar-refractivity contribution in [3.63, 3.8) is 0 Å². The molecule has 0 spiro atoms. The predicted molar refractivity (Wildman–Crippen MR) is 100 cm³/mol. The van der Waals surface area contributed by atoms with Crippen LogP contribution in [0.25, 0.3) is 0 Å². The molecule has 5 nitrogen and oxygen atoms in total. The molecule has 2 aromatic carbocycles. The Morgan fingerprint density at radius 3 is 2.29 bits per heavy atom. The standard InChI is InChI=1S/C21H22F2N2O3/c1-15-5-7-16(8-6-15)13-19(26)24-9-11-25(12-10-24)20(27)17-3-2-4-18(14-17)28-21(22)23/h2-8,14,21H,9-13H2,1H3. The van der Waals surface area contributed by atoms with Crippen molar-refractivity contribution in [2.75, 3.05) is 26.2 Å². The first kappa shape index (κ1) is 19.8. The summed E-state index contributed by atoms with van der Waals surface area (Å²) in [5.74, 6) is -0.276. The van der Waals surface area contributed by atoms with E-state index in [2.05, 4.69) is 4.74 Å². The van der Waals surface area contributed by atoms with Gasteiger partial charge < -0.3 is 14.5 Å². The lowest BCUT2D eigenvalue weighted by Gasteiger charge is -2.35. The van der Waals surface area contributed by atoms with Gasteiger partial charge in [-0.3, -0.25) is 9.59 Å². The molecular weight excluding hydrogens is 366 g/mol. The van der Waals surface area contributed by atoms with Gasteiger partial charge in [0.1, 0.15) is 5.75 Å². The van der Waals surface area contributed by atoms with Crippen LogP contribution in [0.15, 0.2) is 48.5 Å². The Labute approximate surface area is 162 Å². The molecule has 1 fully saturated rings. The van der Waals surface area contributed by atoms with Gasteiger partial charge in [-0.05, 0) is 30.7 Å². The van der Waals surface area contributed by atoms with E-state index in [0.717, 1.165) is 11.1 Å². The summed E-state index contributed by atoms with van der Waals surface area (Å²) in [6.45, 7) is 0.759. The van der Waals surface area contributed by atoms with Crippen LogP contribution >= 0.6 is 0 Å². The molecular formula is C21H22F2N2O3. The lowest BCUT2D eigenvalue weighted by molar-refractivity contribution is -0.131. The van der Waals surface area contributed by atoms with Gasteiger partial charge in [0.05, 0.1) is 6.42 Å². The maximum Gasteiger partial charge on any atom is 0.387 e. The lowest BCUT2D eigenvalue weighted by Crippen LogP contribution is -2.51. The topological polar surface area (TPSA) is 49.9 Å². The molecule has 148 valence electrons. The molecule has 0 saturated carbocycles. The second-order valence-corrected chi connectivity index (χ2v) is 6.74. The highest BCUT2D eigenvalue weighted by atomic mass is 19.3. The van der Waals surface area contributed by atoms with E-state index in [0.29, 0.717) is 32.6 Å². The Morgan fingerprint density at radius 2 is 1.64 bits per heavy atom. The first-order chi connectivity index (χ1) is 13.4. The van der Waals surface area contributed by atoms with Crippen molar-refractivity contribution in [1.82, 2.24) is 9.80 Å². The van der Waals surface area contributed by atoms with E-state index in [1.165, 1.54) is 18.2 Å². The smallest absolute Gasteiger partial charge is 0.387 e. The summed E-state index contributed by atoms with van der Waals surface area (Å²) in [6, 6.07) is 13.6. The maximum atomic E-state index is 12.6. The molecule has 7 heteroatoms. The Hall–Kier alpha value is -2.96. The number of carbonyl (C=O) groups is 2. The van der Waals surface area contributed by atoms with Crippen LogP contribution in [-0.2, 0) is 11.2 Å². The molecule has 0 unspecified atom stereocenters. The fraction of sp³-hybridized carbons (Fsp3) is 0.333. The van der Waals surface area contributed by atoms with E-state index in [-0.39, 0.29) is 23.1 Å². The number of hydrogen-bond donors (Lipinski definition) is 0. The van der Waals surface area contributed by atoms with Gasteiger partial charge in [-0.2, -0.15) is 8.78 Å². The van der Waals surface area contributed by atoms with Crippen molar-refractivity contribution in [3.05, 3.63) is 65.2 Å². The number of hydrogen-bond acceptors (Lipinski definition) is 3. The van der Waals surface area contributed by atoms with Crippen molar-refractivity contribution in [2.45, 2.75) is 20.0 Å². The average Bonchev–Trinajstić information content (AvgIpc) is 2.69. The van der Waals surface area contributed by atoms with Crippen LogP contribution in [0.1, 0.15) is 21.5 Å². The highest BCUT2D eigenvalue weighted by molar-refractivity contribution is 5.94. The van der Waals surface area contributed by atoms with Crippen LogP contribution in [0.4, 0.5) is 8.78 Å². The van der Waals surface area contributed by atoms with Gasteiger partial charge in [-0.15, -0.1) is 0 Å². The Balaban J connectivity index is 1.55. The zero-order chi connectivity index (χ0) is 20.1. The fourth-order valence-electron chi connectivity index (χ4n) is 3.14. The second kappa shape index (κ2) is 8.82. The largest absolute Gasteiger partial charge is 0.435 e. The molecule has 0 atom stereocenters. The number of amides is 2. The number of aryl methyl sites for hydroxylation is 1. The molecule has 1 saturated heterocycles. The Bertz CT molecular complexity index is 832. The minimum absolute atomic E-state index is 0.0308. The minimum atomic E-state index is -2.94. The minimum Gasteiger partial charge on any atom is -0.435 e. The van der Waals surface area contributed by atoms with Crippen molar-refractivity contribution < 1.29 is 23.1 Å². The van der Waals surface area contributed by atoms with Crippen molar-refractivity contribution >= 4 is 11.8 Å². The van der Waals surface area contributed by atoms with E-state index < -0.39 is 6.61 Å². The quantitative estimate of drug-likeness (QED) is 0.791. The zero-order valence-electron chi connectivity index (χ0n) is 15.6. The van der Waals surface area contributed by atoms with Crippen LogP contribution in [-0.4, -0.2) is 54.4 Å². The summed E-state index contributed by atoms with van der Waals surface area (Å²) in [7, 11) is 0. The molecule has 0 bridgehead atoms. The van der Waals surface area contributed by atoms with E-state index in [9.17, 15) is 18.4 Å². The summed E-state index contributed by atoms with van der Waals surface area (Å²) in [5, 5.41) is 0. The van der Waals surface area contributed by atoms with Crippen LogP contribution in [0.3, 0.4) is 0 Å². The summed E-state index contributed by atoms with van der Waals surface area (Å²) < 4.78 is 29.0. The number of benzene rings is 2. The number of rotatable bonds is 5. The SMILES string of the molecule is Cc1ccc(CC(=O)N2CCN(C(=O)c3cccc(OC(F)F)c3)CC2)cc1. The van der Waals surface area contributed by atoms with Gasteiger partial charge in [-0.1, -0.05) is 35.9 Å². The molecule has 1 aliphatic rings. The van der Waals surface area contributed by atoms with Gasteiger partial charge in [0.15, 0.2) is 0 Å². The number of carbonyl (C=O) groups excluding carboxylic acids is 2. The molecule has 1 heterocycles. The van der Waals surface area contributed by atoms with E-state index in [1.54, 1.807) is 15.9 Å². The summed E-state index contributed by atoms with van der Waals surface area (Å²) in [4.78, 5) is 28.5. The van der Waals surface area contributed by atoms with Crippen molar-refractivity contribution in [3.8, 4) is 5.75 Å². The number of piperazine rings is 1. The number of nitrogens with zero attached hydrogens (tertiary/aromatic N) is 2. The van der Waals surface area contributed by atoms with Crippen LogP contribution in [0.5, 0.6) is 5.75 Å².